The van der Waals surface area contributed by atoms with Crippen molar-refractivity contribution in [1.82, 2.24) is 9.97 Å². The predicted octanol–water partition coefficient (Wildman–Crippen LogP) is 1.64. The van der Waals surface area contributed by atoms with Gasteiger partial charge < -0.3 is 5.11 Å². The van der Waals surface area contributed by atoms with Crippen molar-refractivity contribution in [3.05, 3.63) is 30.1 Å². The topological polar surface area (TPSA) is 46.0 Å². The van der Waals surface area contributed by atoms with Crippen molar-refractivity contribution in [2.24, 2.45) is 0 Å². The number of rotatable bonds is 0. The molecule has 0 saturated heterocycles. The van der Waals surface area contributed by atoms with Gasteiger partial charge in [-0.2, -0.15) is 0 Å². The van der Waals surface area contributed by atoms with E-state index in [0.717, 1.165) is 11.1 Å². The number of aromatic hydroxyl groups is 1. The molecule has 0 aromatic carbocycles. The molecule has 0 radical (unpaired) electrons. The molecule has 60 valence electrons. The second-order valence-electron chi connectivity index (χ2n) is 2.66. The first-order chi connectivity index (χ1) is 5.79. The predicted molar refractivity (Wildman–Crippen MR) is 45.9 cm³/mol. The van der Waals surface area contributed by atoms with E-state index in [1.54, 1.807) is 12.4 Å². The molecule has 0 aliphatic carbocycles. The van der Waals surface area contributed by atoms with E-state index < -0.39 is 0 Å². The number of hydrogen-bond acceptors (Lipinski definition) is 3. The van der Waals surface area contributed by atoms with Crippen molar-refractivity contribution < 1.29 is 5.11 Å². The van der Waals surface area contributed by atoms with E-state index in [1.807, 2.05) is 13.0 Å². The summed E-state index contributed by atoms with van der Waals surface area (Å²) in [5.74, 6) is 0.184. The van der Waals surface area contributed by atoms with E-state index in [4.69, 9.17) is 0 Å². The monoisotopic (exact) mass is 160 g/mol. The molecule has 0 amide bonds. The standard InChI is InChI=1S/C9H8N2O/c1-6-2-4-11-9-7(12)3-5-10-8(6)9/h2-5H,1H3,(H,10,12). The maximum Gasteiger partial charge on any atom is 0.144 e. The Morgan fingerprint density at radius 3 is 2.50 bits per heavy atom. The van der Waals surface area contributed by atoms with Gasteiger partial charge >= 0.3 is 0 Å². The van der Waals surface area contributed by atoms with Crippen LogP contribution in [0.4, 0.5) is 0 Å². The maximum absolute atomic E-state index is 9.39. The first kappa shape index (κ1) is 7.03. The van der Waals surface area contributed by atoms with Crippen molar-refractivity contribution in [3.8, 4) is 5.75 Å². The van der Waals surface area contributed by atoms with Gasteiger partial charge in [0.25, 0.3) is 0 Å². The van der Waals surface area contributed by atoms with Crippen molar-refractivity contribution >= 4 is 11.0 Å². The summed E-state index contributed by atoms with van der Waals surface area (Å²) in [6, 6.07) is 3.41. The molecule has 3 heteroatoms. The fraction of sp³-hybridized carbons (Fsp3) is 0.111. The number of fused-ring (bicyclic) bond motifs is 1. The second-order valence-corrected chi connectivity index (χ2v) is 2.66. The molecule has 3 nitrogen and oxygen atoms in total. The minimum atomic E-state index is 0.184. The van der Waals surface area contributed by atoms with Crippen LogP contribution in [0.2, 0.25) is 0 Å². The molecule has 2 rings (SSSR count). The molecular formula is C9H8N2O. The second kappa shape index (κ2) is 2.44. The molecule has 0 aliphatic heterocycles. The minimum absolute atomic E-state index is 0.184. The van der Waals surface area contributed by atoms with Gasteiger partial charge in [0.05, 0.1) is 5.52 Å². The molecule has 0 unspecified atom stereocenters. The lowest BCUT2D eigenvalue weighted by Crippen LogP contribution is -1.85. The Bertz CT molecular complexity index is 385. The van der Waals surface area contributed by atoms with E-state index in [9.17, 15) is 5.11 Å². The Morgan fingerprint density at radius 2 is 1.75 bits per heavy atom. The van der Waals surface area contributed by atoms with Crippen molar-refractivity contribution in [1.29, 1.82) is 0 Å². The van der Waals surface area contributed by atoms with Gasteiger partial charge in [0, 0.05) is 18.5 Å². The van der Waals surface area contributed by atoms with Crippen LogP contribution < -0.4 is 0 Å². The first-order valence-corrected chi connectivity index (χ1v) is 3.68. The molecule has 0 spiro atoms. The van der Waals surface area contributed by atoms with Crippen molar-refractivity contribution in [2.45, 2.75) is 6.92 Å². The third kappa shape index (κ3) is 0.906. The summed E-state index contributed by atoms with van der Waals surface area (Å²) in [6.45, 7) is 1.94. The van der Waals surface area contributed by atoms with Gasteiger partial charge in [-0.1, -0.05) is 0 Å². The molecule has 1 N–H and O–H groups in total. The number of hydrogen-bond donors (Lipinski definition) is 1. The molecule has 0 saturated carbocycles. The molecule has 12 heavy (non-hydrogen) atoms. The number of aromatic nitrogens is 2. The highest BCUT2D eigenvalue weighted by atomic mass is 16.3. The highest BCUT2D eigenvalue weighted by Crippen LogP contribution is 2.21. The van der Waals surface area contributed by atoms with Crippen LogP contribution in [0.15, 0.2) is 24.5 Å². The van der Waals surface area contributed by atoms with E-state index >= 15 is 0 Å². The van der Waals surface area contributed by atoms with Gasteiger partial charge in [0.15, 0.2) is 0 Å². The molecule has 0 fully saturated rings. The van der Waals surface area contributed by atoms with E-state index in [2.05, 4.69) is 9.97 Å². The van der Waals surface area contributed by atoms with Crippen LogP contribution in [0.25, 0.3) is 11.0 Å². The molecule has 2 aromatic rings. The third-order valence-corrected chi connectivity index (χ3v) is 1.80. The minimum Gasteiger partial charge on any atom is -0.506 e. The normalized spacial score (nSPS) is 10.4. The summed E-state index contributed by atoms with van der Waals surface area (Å²) in [4.78, 5) is 8.15. The highest BCUT2D eigenvalue weighted by molar-refractivity contribution is 5.82. The van der Waals surface area contributed by atoms with Crippen LogP contribution >= 0.6 is 0 Å². The Balaban J connectivity index is 2.94. The van der Waals surface area contributed by atoms with Gasteiger partial charge in [-0.3, -0.25) is 9.97 Å². The zero-order chi connectivity index (χ0) is 8.55. The average molecular weight is 160 g/mol. The Hall–Kier alpha value is -1.64. The van der Waals surface area contributed by atoms with Crippen LogP contribution in [0.3, 0.4) is 0 Å². The highest BCUT2D eigenvalue weighted by Gasteiger charge is 2.02. The molecule has 2 aromatic heterocycles. The van der Waals surface area contributed by atoms with Crippen LogP contribution in [0, 0.1) is 6.92 Å². The molecule has 0 atom stereocenters. The number of aryl methyl sites for hydroxylation is 1. The quantitative estimate of drug-likeness (QED) is 0.637. The van der Waals surface area contributed by atoms with Crippen LogP contribution in [-0.4, -0.2) is 15.1 Å². The van der Waals surface area contributed by atoms with Gasteiger partial charge in [0.1, 0.15) is 11.3 Å². The van der Waals surface area contributed by atoms with Gasteiger partial charge in [0.2, 0.25) is 0 Å². The Labute approximate surface area is 69.7 Å². The van der Waals surface area contributed by atoms with E-state index in [-0.39, 0.29) is 5.75 Å². The smallest absolute Gasteiger partial charge is 0.144 e. The maximum atomic E-state index is 9.39. The fourth-order valence-electron chi connectivity index (χ4n) is 1.16. The van der Waals surface area contributed by atoms with Crippen molar-refractivity contribution in [3.63, 3.8) is 0 Å². The molecule has 0 aliphatic rings. The fourth-order valence-corrected chi connectivity index (χ4v) is 1.16. The van der Waals surface area contributed by atoms with Gasteiger partial charge in [-0.05, 0) is 18.6 Å². The summed E-state index contributed by atoms with van der Waals surface area (Å²) in [5.41, 5.74) is 2.35. The number of pyridine rings is 2. The average Bonchev–Trinajstić information content (AvgIpc) is 2.07. The molecule has 2 heterocycles. The van der Waals surface area contributed by atoms with Gasteiger partial charge in [-0.25, -0.2) is 0 Å². The zero-order valence-electron chi connectivity index (χ0n) is 6.65. The van der Waals surface area contributed by atoms with Gasteiger partial charge in [-0.15, -0.1) is 0 Å². The molecule has 0 bridgehead atoms. The third-order valence-electron chi connectivity index (χ3n) is 1.80. The zero-order valence-corrected chi connectivity index (χ0v) is 6.65. The van der Waals surface area contributed by atoms with E-state index in [1.165, 1.54) is 6.07 Å². The number of nitrogens with zero attached hydrogens (tertiary/aromatic N) is 2. The Morgan fingerprint density at radius 1 is 1.08 bits per heavy atom. The van der Waals surface area contributed by atoms with Crippen LogP contribution in [-0.2, 0) is 0 Å². The summed E-state index contributed by atoms with van der Waals surface area (Å²) >= 11 is 0. The lowest BCUT2D eigenvalue weighted by atomic mass is 10.2. The summed E-state index contributed by atoms with van der Waals surface area (Å²) < 4.78 is 0. The summed E-state index contributed by atoms with van der Waals surface area (Å²) in [7, 11) is 0. The molecular weight excluding hydrogens is 152 g/mol. The summed E-state index contributed by atoms with van der Waals surface area (Å²) in [6.07, 6.45) is 3.24. The largest absolute Gasteiger partial charge is 0.506 e. The lowest BCUT2D eigenvalue weighted by molar-refractivity contribution is 0.480. The summed E-state index contributed by atoms with van der Waals surface area (Å²) in [5, 5.41) is 9.39. The lowest BCUT2D eigenvalue weighted by Gasteiger charge is -2.00. The van der Waals surface area contributed by atoms with Crippen LogP contribution in [0.1, 0.15) is 5.56 Å². The first-order valence-electron chi connectivity index (χ1n) is 3.68. The SMILES string of the molecule is Cc1ccnc2c(O)ccnc12. The van der Waals surface area contributed by atoms with E-state index in [0.29, 0.717) is 5.52 Å². The van der Waals surface area contributed by atoms with Crippen LogP contribution in [0.5, 0.6) is 5.75 Å². The van der Waals surface area contributed by atoms with Crippen molar-refractivity contribution in [2.75, 3.05) is 0 Å². The Kier molecular flexibility index (Phi) is 1.43.